The van der Waals surface area contributed by atoms with Crippen molar-refractivity contribution >= 4 is 33.2 Å². The summed E-state index contributed by atoms with van der Waals surface area (Å²) in [5.41, 5.74) is 6.05. The summed E-state index contributed by atoms with van der Waals surface area (Å²) < 4.78 is 23.5. The van der Waals surface area contributed by atoms with Crippen LogP contribution in [0.25, 0.3) is 0 Å². The van der Waals surface area contributed by atoms with Crippen LogP contribution in [0.5, 0.6) is 0 Å². The Bertz CT molecular complexity index is 533. The molecule has 0 spiro atoms. The Balaban J connectivity index is 3.63. The number of benzene rings is 1. The van der Waals surface area contributed by atoms with Gasteiger partial charge in [-0.15, -0.1) is 11.8 Å². The minimum absolute atomic E-state index is 0.242. The fraction of sp³-hybridized carbons (Fsp3) is 0.455. The summed E-state index contributed by atoms with van der Waals surface area (Å²) in [5, 5.41) is 0.425. The molecule has 0 atom stereocenters. The lowest BCUT2D eigenvalue weighted by Gasteiger charge is -2.21. The van der Waals surface area contributed by atoms with Crippen molar-refractivity contribution in [2.75, 3.05) is 12.5 Å². The second-order valence-corrected chi connectivity index (χ2v) is 7.69. The number of hydrogen-bond acceptors (Lipinski definition) is 4. The number of sulfone groups is 1. The number of thioether (sulfide) groups is 1. The number of hydrogen-bond donors (Lipinski definition) is 1. The molecule has 0 radical (unpaired) electrons. The van der Waals surface area contributed by atoms with Crippen molar-refractivity contribution in [2.45, 2.75) is 29.2 Å². The lowest BCUT2D eigenvalue weighted by atomic mass is 9.96. The number of nitrogens with two attached hydrogens (primary N) is 1. The van der Waals surface area contributed by atoms with Crippen molar-refractivity contribution in [1.82, 2.24) is 0 Å². The van der Waals surface area contributed by atoms with Crippen LogP contribution in [0, 0.1) is 0 Å². The van der Waals surface area contributed by atoms with Gasteiger partial charge >= 0.3 is 0 Å². The molecule has 0 saturated carbocycles. The third-order valence-electron chi connectivity index (χ3n) is 2.36. The maximum absolute atomic E-state index is 11.7. The predicted octanol–water partition coefficient (Wildman–Crippen LogP) is 2.66. The van der Waals surface area contributed by atoms with E-state index >= 15 is 0 Å². The molecule has 17 heavy (non-hydrogen) atoms. The van der Waals surface area contributed by atoms with Gasteiger partial charge in [-0.1, -0.05) is 11.6 Å². The zero-order valence-electron chi connectivity index (χ0n) is 10.2. The number of rotatable bonds is 3. The van der Waals surface area contributed by atoms with E-state index in [9.17, 15) is 8.42 Å². The normalized spacial score (nSPS) is 12.8. The second-order valence-electron chi connectivity index (χ2n) is 4.48. The number of halogens is 1. The minimum atomic E-state index is -3.31. The van der Waals surface area contributed by atoms with E-state index in [1.165, 1.54) is 18.0 Å². The lowest BCUT2D eigenvalue weighted by molar-refractivity contribution is 0.551. The van der Waals surface area contributed by atoms with Gasteiger partial charge < -0.3 is 5.73 Å². The van der Waals surface area contributed by atoms with Crippen molar-refractivity contribution in [3.05, 3.63) is 22.7 Å². The highest BCUT2D eigenvalue weighted by molar-refractivity contribution is 7.99. The predicted molar refractivity (Wildman–Crippen MR) is 73.6 cm³/mol. The van der Waals surface area contributed by atoms with E-state index in [4.69, 9.17) is 17.3 Å². The lowest BCUT2D eigenvalue weighted by Crippen LogP contribution is -2.29. The Morgan fingerprint density at radius 2 is 1.88 bits per heavy atom. The largest absolute Gasteiger partial charge is 0.322 e. The Morgan fingerprint density at radius 3 is 2.24 bits per heavy atom. The smallest absolute Gasteiger partial charge is 0.176 e. The van der Waals surface area contributed by atoms with E-state index in [1.54, 1.807) is 18.4 Å². The molecule has 0 bridgehead atoms. The molecule has 0 amide bonds. The fourth-order valence-electron chi connectivity index (χ4n) is 1.41. The van der Waals surface area contributed by atoms with Crippen molar-refractivity contribution in [1.29, 1.82) is 0 Å². The van der Waals surface area contributed by atoms with Crippen LogP contribution in [0.4, 0.5) is 0 Å². The highest BCUT2D eigenvalue weighted by Gasteiger charge is 2.22. The zero-order valence-corrected chi connectivity index (χ0v) is 12.6. The highest BCUT2D eigenvalue weighted by Crippen LogP contribution is 2.35. The average molecular weight is 294 g/mol. The summed E-state index contributed by atoms with van der Waals surface area (Å²) in [4.78, 5) is 0.813. The topological polar surface area (TPSA) is 60.2 Å². The van der Waals surface area contributed by atoms with Crippen molar-refractivity contribution in [3.63, 3.8) is 0 Å². The molecule has 0 saturated heterocycles. The quantitative estimate of drug-likeness (QED) is 0.871. The second kappa shape index (κ2) is 4.80. The van der Waals surface area contributed by atoms with Gasteiger partial charge in [0.1, 0.15) is 0 Å². The molecule has 1 aromatic rings. The molecule has 0 aliphatic carbocycles. The Morgan fingerprint density at radius 1 is 1.35 bits per heavy atom. The van der Waals surface area contributed by atoms with Gasteiger partial charge in [-0.2, -0.15) is 0 Å². The van der Waals surface area contributed by atoms with Crippen molar-refractivity contribution < 1.29 is 8.42 Å². The summed E-state index contributed by atoms with van der Waals surface area (Å²) in [6.45, 7) is 3.62. The molecule has 2 N–H and O–H groups in total. The van der Waals surface area contributed by atoms with E-state index in [0.29, 0.717) is 15.5 Å². The van der Waals surface area contributed by atoms with Crippen LogP contribution >= 0.6 is 23.4 Å². The van der Waals surface area contributed by atoms with Crippen molar-refractivity contribution in [3.8, 4) is 0 Å². The van der Waals surface area contributed by atoms with Gasteiger partial charge in [0.05, 0.1) is 9.92 Å². The third-order valence-corrected chi connectivity index (χ3v) is 4.87. The molecule has 0 fully saturated rings. The molecule has 3 nitrogen and oxygen atoms in total. The Labute approximate surface area is 112 Å². The minimum Gasteiger partial charge on any atom is -0.322 e. The van der Waals surface area contributed by atoms with Crippen LogP contribution in [0.1, 0.15) is 19.4 Å². The molecular weight excluding hydrogens is 278 g/mol. The van der Waals surface area contributed by atoms with Crippen LogP contribution in [0.3, 0.4) is 0 Å². The summed E-state index contributed by atoms with van der Waals surface area (Å²) in [6.07, 6.45) is 2.97. The first-order valence-corrected chi connectivity index (χ1v) is 8.43. The maximum atomic E-state index is 11.7. The molecule has 6 heteroatoms. The summed E-state index contributed by atoms with van der Waals surface area (Å²) in [7, 11) is -3.31. The highest BCUT2D eigenvalue weighted by atomic mass is 35.5. The van der Waals surface area contributed by atoms with Gasteiger partial charge in [-0.25, -0.2) is 8.42 Å². The molecule has 0 aliphatic heterocycles. The van der Waals surface area contributed by atoms with E-state index in [0.717, 1.165) is 0 Å². The Kier molecular flexibility index (Phi) is 4.19. The van der Waals surface area contributed by atoms with Gasteiger partial charge in [0.2, 0.25) is 0 Å². The van der Waals surface area contributed by atoms with Crippen LogP contribution in [-0.2, 0) is 15.4 Å². The maximum Gasteiger partial charge on any atom is 0.176 e. The molecule has 96 valence electrons. The first-order chi connectivity index (χ1) is 7.57. The molecule has 0 unspecified atom stereocenters. The molecule has 1 rings (SSSR count). The monoisotopic (exact) mass is 293 g/mol. The van der Waals surface area contributed by atoms with E-state index in [1.807, 2.05) is 13.8 Å². The van der Waals surface area contributed by atoms with Crippen LogP contribution in [0.15, 0.2) is 21.9 Å². The van der Waals surface area contributed by atoms with Crippen LogP contribution in [-0.4, -0.2) is 20.9 Å². The van der Waals surface area contributed by atoms with E-state index in [-0.39, 0.29) is 4.90 Å². The van der Waals surface area contributed by atoms with E-state index < -0.39 is 15.4 Å². The zero-order chi connectivity index (χ0) is 13.4. The van der Waals surface area contributed by atoms with Gasteiger partial charge in [0, 0.05) is 16.7 Å². The van der Waals surface area contributed by atoms with Crippen molar-refractivity contribution in [2.24, 2.45) is 5.73 Å². The van der Waals surface area contributed by atoms with Gasteiger partial charge in [-0.05, 0) is 37.8 Å². The fourth-order valence-corrected chi connectivity index (χ4v) is 3.93. The van der Waals surface area contributed by atoms with Gasteiger partial charge in [0.15, 0.2) is 9.84 Å². The summed E-state index contributed by atoms with van der Waals surface area (Å²) in [6, 6.07) is 3.33. The third kappa shape index (κ3) is 3.37. The van der Waals surface area contributed by atoms with E-state index in [2.05, 4.69) is 0 Å². The molecule has 0 heterocycles. The molecule has 1 aromatic carbocycles. The molecule has 0 aromatic heterocycles. The van der Waals surface area contributed by atoms with Gasteiger partial charge in [-0.3, -0.25) is 0 Å². The SMILES string of the molecule is CSc1c(Cl)cc(C(C)(C)N)cc1S(C)(=O)=O. The Hall–Kier alpha value is -0.230. The standard InChI is InChI=1S/C11H16ClNO2S2/c1-11(2,13)7-5-8(12)10(16-3)9(6-7)17(4,14)15/h5-6H,13H2,1-4H3. The molecule has 0 aliphatic rings. The summed E-state index contributed by atoms with van der Waals surface area (Å²) in [5.74, 6) is 0. The first-order valence-electron chi connectivity index (χ1n) is 4.94. The molecular formula is C11H16ClNO2S2. The average Bonchev–Trinajstić information content (AvgIpc) is 2.13. The van der Waals surface area contributed by atoms with Crippen LogP contribution < -0.4 is 5.73 Å². The first kappa shape index (κ1) is 14.8. The van der Waals surface area contributed by atoms with Crippen LogP contribution in [0.2, 0.25) is 5.02 Å². The van der Waals surface area contributed by atoms with Gasteiger partial charge in [0.25, 0.3) is 0 Å². The summed E-state index contributed by atoms with van der Waals surface area (Å²) >= 11 is 7.42.